The van der Waals surface area contributed by atoms with Crippen LogP contribution in [0.2, 0.25) is 0 Å². The molecule has 1 amide bonds. The van der Waals surface area contributed by atoms with Crippen LogP contribution in [0.25, 0.3) is 6.08 Å². The molecule has 0 bridgehead atoms. The summed E-state index contributed by atoms with van der Waals surface area (Å²) in [5.74, 6) is -0.169. The Morgan fingerprint density at radius 1 is 1.41 bits per heavy atom. The number of anilines is 1. The predicted octanol–water partition coefficient (Wildman–Crippen LogP) is 3.79. The molecule has 0 radical (unpaired) electrons. The molecule has 6 heteroatoms. The van der Waals surface area contributed by atoms with Crippen LogP contribution in [-0.2, 0) is 9.53 Å². The van der Waals surface area contributed by atoms with Crippen LogP contribution in [0.1, 0.15) is 33.5 Å². The highest BCUT2D eigenvalue weighted by molar-refractivity contribution is 7.16. The first-order chi connectivity index (χ1) is 10.5. The van der Waals surface area contributed by atoms with E-state index in [0.29, 0.717) is 22.9 Å². The van der Waals surface area contributed by atoms with Gasteiger partial charge in [0.2, 0.25) is 5.91 Å². The number of nitrogens with one attached hydrogen (secondary N) is 1. The average Bonchev–Trinajstić information content (AvgIpc) is 3.06. The summed E-state index contributed by atoms with van der Waals surface area (Å²) in [6.45, 7) is 5.78. The molecule has 0 saturated heterocycles. The van der Waals surface area contributed by atoms with E-state index in [0.717, 1.165) is 10.4 Å². The van der Waals surface area contributed by atoms with E-state index in [1.54, 1.807) is 25.1 Å². The third-order valence-electron chi connectivity index (χ3n) is 3.04. The van der Waals surface area contributed by atoms with Crippen molar-refractivity contribution in [2.24, 2.45) is 0 Å². The second-order valence-corrected chi connectivity index (χ2v) is 5.77. The fourth-order valence-corrected chi connectivity index (χ4v) is 2.91. The minimum atomic E-state index is -0.422. The number of ether oxygens (including phenoxy) is 1. The highest BCUT2D eigenvalue weighted by atomic mass is 32.1. The van der Waals surface area contributed by atoms with Crippen LogP contribution >= 0.6 is 11.3 Å². The van der Waals surface area contributed by atoms with Crippen LogP contribution in [-0.4, -0.2) is 18.5 Å². The average molecular weight is 319 g/mol. The third kappa shape index (κ3) is 3.65. The van der Waals surface area contributed by atoms with Gasteiger partial charge in [-0.1, -0.05) is 0 Å². The Morgan fingerprint density at radius 2 is 2.18 bits per heavy atom. The molecular formula is C16H17NO4S. The van der Waals surface area contributed by atoms with Crippen molar-refractivity contribution in [3.63, 3.8) is 0 Å². The van der Waals surface area contributed by atoms with Crippen LogP contribution in [0.3, 0.4) is 0 Å². The van der Waals surface area contributed by atoms with Crippen LogP contribution in [0.5, 0.6) is 0 Å². The van der Waals surface area contributed by atoms with Gasteiger partial charge in [-0.3, -0.25) is 4.79 Å². The number of aryl methyl sites for hydroxylation is 1. The maximum atomic E-state index is 12.0. The van der Waals surface area contributed by atoms with E-state index >= 15 is 0 Å². The highest BCUT2D eigenvalue weighted by Gasteiger charge is 2.21. The van der Waals surface area contributed by atoms with Crippen LogP contribution in [0, 0.1) is 13.8 Å². The lowest BCUT2D eigenvalue weighted by molar-refractivity contribution is -0.111. The van der Waals surface area contributed by atoms with Crippen molar-refractivity contribution in [2.75, 3.05) is 11.9 Å². The Kier molecular flexibility index (Phi) is 5.16. The van der Waals surface area contributed by atoms with Gasteiger partial charge in [-0.15, -0.1) is 11.3 Å². The largest absolute Gasteiger partial charge is 0.465 e. The Hall–Kier alpha value is -2.34. The summed E-state index contributed by atoms with van der Waals surface area (Å²) in [5, 5.41) is 3.23. The second kappa shape index (κ2) is 7.09. The number of thiophene rings is 1. The molecular weight excluding hydrogens is 302 g/mol. The van der Waals surface area contributed by atoms with Gasteiger partial charge < -0.3 is 14.5 Å². The minimum Gasteiger partial charge on any atom is -0.465 e. The van der Waals surface area contributed by atoms with Gasteiger partial charge in [0.1, 0.15) is 10.8 Å². The topological polar surface area (TPSA) is 68.5 Å². The highest BCUT2D eigenvalue weighted by Crippen LogP contribution is 2.33. The summed E-state index contributed by atoms with van der Waals surface area (Å²) in [4.78, 5) is 25.0. The van der Waals surface area contributed by atoms with Gasteiger partial charge in [-0.2, -0.15) is 0 Å². The number of hydrogen-bond donors (Lipinski definition) is 1. The van der Waals surface area contributed by atoms with Gasteiger partial charge >= 0.3 is 5.97 Å². The van der Waals surface area contributed by atoms with Crippen LogP contribution in [0.4, 0.5) is 5.00 Å². The summed E-state index contributed by atoms with van der Waals surface area (Å²) in [7, 11) is 0. The Balaban J connectivity index is 2.17. The molecule has 116 valence electrons. The minimum absolute atomic E-state index is 0.291. The molecule has 1 N–H and O–H groups in total. The Morgan fingerprint density at radius 3 is 2.82 bits per heavy atom. The van der Waals surface area contributed by atoms with Gasteiger partial charge in [-0.05, 0) is 44.5 Å². The number of amides is 1. The summed E-state index contributed by atoms with van der Waals surface area (Å²) < 4.78 is 10.2. The van der Waals surface area contributed by atoms with E-state index in [9.17, 15) is 9.59 Å². The van der Waals surface area contributed by atoms with Crippen molar-refractivity contribution < 1.29 is 18.7 Å². The molecule has 2 heterocycles. The molecule has 2 aromatic rings. The first-order valence-electron chi connectivity index (χ1n) is 6.82. The van der Waals surface area contributed by atoms with Crippen molar-refractivity contribution in [1.29, 1.82) is 0 Å². The molecule has 0 aliphatic heterocycles. The normalized spacial score (nSPS) is 10.9. The van der Waals surface area contributed by atoms with E-state index < -0.39 is 5.97 Å². The van der Waals surface area contributed by atoms with E-state index in [4.69, 9.17) is 9.15 Å². The fraction of sp³-hybridized carbons (Fsp3) is 0.250. The van der Waals surface area contributed by atoms with E-state index in [1.807, 2.05) is 13.8 Å². The molecule has 0 aliphatic rings. The molecule has 0 saturated carbocycles. The molecule has 0 aliphatic carbocycles. The lowest BCUT2D eigenvalue weighted by Gasteiger charge is -2.05. The van der Waals surface area contributed by atoms with E-state index in [1.165, 1.54) is 23.7 Å². The van der Waals surface area contributed by atoms with Crippen molar-refractivity contribution in [3.8, 4) is 0 Å². The van der Waals surface area contributed by atoms with Gasteiger partial charge in [0.05, 0.1) is 18.4 Å². The number of carbonyl (C=O) groups is 2. The maximum Gasteiger partial charge on any atom is 0.341 e. The Labute approximate surface area is 132 Å². The third-order valence-corrected chi connectivity index (χ3v) is 4.17. The smallest absolute Gasteiger partial charge is 0.341 e. The molecule has 2 rings (SSSR count). The summed E-state index contributed by atoms with van der Waals surface area (Å²) in [6, 6.07) is 3.48. The summed E-state index contributed by atoms with van der Waals surface area (Å²) in [5.41, 5.74) is 1.25. The molecule has 5 nitrogen and oxygen atoms in total. The molecule has 0 spiro atoms. The first-order valence-corrected chi connectivity index (χ1v) is 7.64. The van der Waals surface area contributed by atoms with Gasteiger partial charge in [0.25, 0.3) is 0 Å². The molecule has 2 aromatic heterocycles. The quantitative estimate of drug-likeness (QED) is 0.672. The zero-order valence-electron chi connectivity index (χ0n) is 12.6. The van der Waals surface area contributed by atoms with Crippen LogP contribution in [0.15, 0.2) is 28.9 Å². The van der Waals surface area contributed by atoms with E-state index in [-0.39, 0.29) is 5.91 Å². The standard InChI is InChI=1S/C16H17NO4S/c1-4-20-16(19)14-10(2)11(3)22-15(14)17-13(18)8-7-12-6-5-9-21-12/h5-9H,4H2,1-3H3,(H,17,18)/b8-7+. The van der Waals surface area contributed by atoms with Gasteiger partial charge in [0, 0.05) is 11.0 Å². The number of hydrogen-bond acceptors (Lipinski definition) is 5. The summed E-state index contributed by atoms with van der Waals surface area (Å²) >= 11 is 1.36. The monoisotopic (exact) mass is 319 g/mol. The zero-order valence-corrected chi connectivity index (χ0v) is 13.5. The SMILES string of the molecule is CCOC(=O)c1c(NC(=O)/C=C/c2ccco2)sc(C)c1C. The molecule has 22 heavy (non-hydrogen) atoms. The number of esters is 1. The van der Waals surface area contributed by atoms with Crippen molar-refractivity contribution in [2.45, 2.75) is 20.8 Å². The lowest BCUT2D eigenvalue weighted by Crippen LogP contribution is -2.12. The lowest BCUT2D eigenvalue weighted by atomic mass is 10.1. The number of rotatable bonds is 5. The number of furan rings is 1. The first kappa shape index (κ1) is 16.0. The second-order valence-electron chi connectivity index (χ2n) is 4.55. The molecule has 0 atom stereocenters. The number of carbonyl (C=O) groups excluding carboxylic acids is 2. The molecule has 0 unspecified atom stereocenters. The zero-order chi connectivity index (χ0) is 16.1. The van der Waals surface area contributed by atoms with Crippen LogP contribution < -0.4 is 5.32 Å². The van der Waals surface area contributed by atoms with Crippen molar-refractivity contribution in [3.05, 3.63) is 46.2 Å². The molecule has 0 fully saturated rings. The van der Waals surface area contributed by atoms with Crippen molar-refractivity contribution >= 4 is 34.3 Å². The summed E-state index contributed by atoms with van der Waals surface area (Å²) in [6.07, 6.45) is 4.45. The fourth-order valence-electron chi connectivity index (χ4n) is 1.86. The predicted molar refractivity (Wildman–Crippen MR) is 86.1 cm³/mol. The van der Waals surface area contributed by atoms with Crippen molar-refractivity contribution in [1.82, 2.24) is 0 Å². The van der Waals surface area contributed by atoms with Gasteiger partial charge in [-0.25, -0.2) is 4.79 Å². The maximum absolute atomic E-state index is 12.0. The van der Waals surface area contributed by atoms with Gasteiger partial charge in [0.15, 0.2) is 0 Å². The molecule has 0 aromatic carbocycles. The van der Waals surface area contributed by atoms with E-state index in [2.05, 4.69) is 5.32 Å². The Bertz CT molecular complexity index is 698.